The van der Waals surface area contributed by atoms with Crippen LogP contribution >= 0.6 is 0 Å². The minimum absolute atomic E-state index is 0.109. The van der Waals surface area contributed by atoms with Crippen LogP contribution < -0.4 is 24.8 Å². The Kier molecular flexibility index (Phi) is 5.58. The van der Waals surface area contributed by atoms with Crippen molar-refractivity contribution in [3.05, 3.63) is 18.2 Å². The van der Waals surface area contributed by atoms with Crippen molar-refractivity contribution in [3.63, 3.8) is 0 Å². The van der Waals surface area contributed by atoms with Crippen LogP contribution in [0.5, 0.6) is 17.2 Å². The third-order valence-corrected chi connectivity index (χ3v) is 4.28. The predicted octanol–water partition coefficient (Wildman–Crippen LogP) is 1.69. The zero-order valence-corrected chi connectivity index (χ0v) is 13.3. The number of piperidine rings is 1. The summed E-state index contributed by atoms with van der Waals surface area (Å²) in [5.74, 6) is 2.96. The molecule has 23 heavy (non-hydrogen) atoms. The molecule has 1 aromatic rings. The normalized spacial score (nSPS) is 17.0. The average molecular weight is 320 g/mol. The van der Waals surface area contributed by atoms with E-state index in [1.165, 1.54) is 12.8 Å². The van der Waals surface area contributed by atoms with Crippen LogP contribution in [0.1, 0.15) is 25.7 Å². The molecule has 0 saturated carbocycles. The number of ether oxygens (including phenoxy) is 3. The van der Waals surface area contributed by atoms with E-state index in [0.29, 0.717) is 31.2 Å². The number of nitrogens with one attached hydrogen (secondary N) is 2. The van der Waals surface area contributed by atoms with Gasteiger partial charge >= 0.3 is 0 Å². The Hall–Kier alpha value is -1.95. The lowest BCUT2D eigenvalue weighted by Crippen LogP contribution is -2.30. The van der Waals surface area contributed by atoms with Gasteiger partial charge in [-0.25, -0.2) is 0 Å². The molecule has 0 atom stereocenters. The highest BCUT2D eigenvalue weighted by Crippen LogP contribution is 2.34. The molecule has 2 N–H and O–H groups in total. The predicted molar refractivity (Wildman–Crippen MR) is 85.9 cm³/mol. The Morgan fingerprint density at radius 1 is 1.26 bits per heavy atom. The highest BCUT2D eigenvalue weighted by Gasteiger charge is 2.15. The summed E-state index contributed by atoms with van der Waals surface area (Å²) in [7, 11) is 0. The molecule has 2 aliphatic heterocycles. The summed E-state index contributed by atoms with van der Waals surface area (Å²) in [6.45, 7) is 3.37. The number of rotatable bonds is 7. The monoisotopic (exact) mass is 320 g/mol. The van der Waals surface area contributed by atoms with Crippen LogP contribution in [-0.2, 0) is 4.79 Å². The molecular weight excluding hydrogens is 296 g/mol. The number of amides is 1. The standard InChI is InChI=1S/C17H24N2O4/c20-17(4-1-13-5-7-18-8-6-13)19-9-10-21-14-2-3-15-16(11-14)23-12-22-15/h2-3,11,13,18H,1,4-10,12H2,(H,19,20). The first-order chi connectivity index (χ1) is 11.3. The van der Waals surface area contributed by atoms with Crippen molar-refractivity contribution in [2.45, 2.75) is 25.7 Å². The van der Waals surface area contributed by atoms with Crippen LogP contribution in [0, 0.1) is 5.92 Å². The molecule has 2 aliphatic rings. The first-order valence-electron chi connectivity index (χ1n) is 8.31. The lowest BCUT2D eigenvalue weighted by molar-refractivity contribution is -0.121. The first-order valence-corrected chi connectivity index (χ1v) is 8.31. The van der Waals surface area contributed by atoms with Crippen LogP contribution in [0.25, 0.3) is 0 Å². The molecule has 1 saturated heterocycles. The number of benzene rings is 1. The molecule has 1 aromatic carbocycles. The van der Waals surface area contributed by atoms with Gasteiger partial charge in [-0.05, 0) is 50.4 Å². The molecule has 0 spiro atoms. The number of hydrogen-bond donors (Lipinski definition) is 2. The van der Waals surface area contributed by atoms with E-state index < -0.39 is 0 Å². The highest BCUT2D eigenvalue weighted by atomic mass is 16.7. The summed E-state index contributed by atoms with van der Waals surface area (Å²) in [5.41, 5.74) is 0. The summed E-state index contributed by atoms with van der Waals surface area (Å²) < 4.78 is 16.2. The summed E-state index contributed by atoms with van der Waals surface area (Å²) in [4.78, 5) is 11.8. The number of hydrogen-bond acceptors (Lipinski definition) is 5. The second-order valence-electron chi connectivity index (χ2n) is 5.95. The summed E-state index contributed by atoms with van der Waals surface area (Å²) in [6, 6.07) is 5.48. The van der Waals surface area contributed by atoms with Gasteiger partial charge in [0, 0.05) is 12.5 Å². The Balaban J connectivity index is 1.29. The molecule has 0 aromatic heterocycles. The lowest BCUT2D eigenvalue weighted by atomic mass is 9.93. The van der Waals surface area contributed by atoms with Crippen LogP contribution in [0.2, 0.25) is 0 Å². The topological polar surface area (TPSA) is 68.8 Å². The molecule has 2 heterocycles. The molecule has 0 bridgehead atoms. The van der Waals surface area contributed by atoms with Crippen molar-refractivity contribution in [2.24, 2.45) is 5.92 Å². The Morgan fingerprint density at radius 3 is 2.96 bits per heavy atom. The minimum Gasteiger partial charge on any atom is -0.492 e. The van der Waals surface area contributed by atoms with Gasteiger partial charge in [0.1, 0.15) is 12.4 Å². The second kappa shape index (κ2) is 8.06. The average Bonchev–Trinajstić information content (AvgIpc) is 3.05. The maximum atomic E-state index is 11.8. The van der Waals surface area contributed by atoms with Crippen molar-refractivity contribution in [3.8, 4) is 17.2 Å². The Bertz CT molecular complexity index is 529. The smallest absolute Gasteiger partial charge is 0.231 e. The fourth-order valence-corrected chi connectivity index (χ4v) is 2.92. The molecule has 0 radical (unpaired) electrons. The van der Waals surface area contributed by atoms with E-state index in [4.69, 9.17) is 14.2 Å². The van der Waals surface area contributed by atoms with Gasteiger partial charge in [0.05, 0.1) is 6.54 Å². The van der Waals surface area contributed by atoms with Gasteiger partial charge in [0.15, 0.2) is 11.5 Å². The first kappa shape index (κ1) is 15.9. The van der Waals surface area contributed by atoms with Gasteiger partial charge in [-0.1, -0.05) is 0 Å². The van der Waals surface area contributed by atoms with E-state index in [2.05, 4.69) is 10.6 Å². The molecule has 0 unspecified atom stereocenters. The van der Waals surface area contributed by atoms with Gasteiger partial charge in [0.25, 0.3) is 0 Å². The van der Waals surface area contributed by atoms with Gasteiger partial charge in [0.2, 0.25) is 12.7 Å². The molecule has 6 nitrogen and oxygen atoms in total. The van der Waals surface area contributed by atoms with E-state index in [1.54, 1.807) is 6.07 Å². The largest absolute Gasteiger partial charge is 0.492 e. The van der Waals surface area contributed by atoms with E-state index in [9.17, 15) is 4.79 Å². The van der Waals surface area contributed by atoms with Gasteiger partial charge in [-0.3, -0.25) is 4.79 Å². The number of fused-ring (bicyclic) bond motifs is 1. The Labute approximate surface area is 136 Å². The third kappa shape index (κ3) is 4.76. The minimum atomic E-state index is 0.109. The van der Waals surface area contributed by atoms with Gasteiger partial charge < -0.3 is 24.8 Å². The fraction of sp³-hybridized carbons (Fsp3) is 0.588. The molecule has 6 heteroatoms. The van der Waals surface area contributed by atoms with Crippen molar-refractivity contribution < 1.29 is 19.0 Å². The second-order valence-corrected chi connectivity index (χ2v) is 5.95. The Morgan fingerprint density at radius 2 is 2.09 bits per heavy atom. The quantitative estimate of drug-likeness (QED) is 0.748. The summed E-state index contributed by atoms with van der Waals surface area (Å²) >= 11 is 0. The zero-order valence-electron chi connectivity index (χ0n) is 13.3. The van der Waals surface area contributed by atoms with Crippen molar-refractivity contribution >= 4 is 5.91 Å². The number of carbonyl (C=O) groups excluding carboxylic acids is 1. The third-order valence-electron chi connectivity index (χ3n) is 4.28. The van der Waals surface area contributed by atoms with E-state index in [-0.39, 0.29) is 12.7 Å². The molecule has 1 amide bonds. The molecule has 0 aliphatic carbocycles. The van der Waals surface area contributed by atoms with E-state index in [0.717, 1.165) is 31.0 Å². The fourth-order valence-electron chi connectivity index (χ4n) is 2.92. The summed E-state index contributed by atoms with van der Waals surface area (Å²) in [5, 5.41) is 6.25. The van der Waals surface area contributed by atoms with Crippen LogP contribution in [0.4, 0.5) is 0 Å². The molecule has 1 fully saturated rings. The van der Waals surface area contributed by atoms with Crippen molar-refractivity contribution in [1.82, 2.24) is 10.6 Å². The van der Waals surface area contributed by atoms with Gasteiger partial charge in [-0.2, -0.15) is 0 Å². The van der Waals surface area contributed by atoms with E-state index >= 15 is 0 Å². The summed E-state index contributed by atoms with van der Waals surface area (Å²) in [6.07, 6.45) is 3.95. The highest BCUT2D eigenvalue weighted by molar-refractivity contribution is 5.75. The van der Waals surface area contributed by atoms with Crippen LogP contribution in [-0.4, -0.2) is 38.9 Å². The van der Waals surface area contributed by atoms with Crippen molar-refractivity contribution in [1.29, 1.82) is 0 Å². The van der Waals surface area contributed by atoms with Crippen molar-refractivity contribution in [2.75, 3.05) is 33.0 Å². The number of carbonyl (C=O) groups is 1. The molecule has 3 rings (SSSR count). The molecule has 126 valence electrons. The maximum absolute atomic E-state index is 11.8. The molecular formula is C17H24N2O4. The maximum Gasteiger partial charge on any atom is 0.231 e. The lowest BCUT2D eigenvalue weighted by Gasteiger charge is -2.22. The van der Waals surface area contributed by atoms with Crippen LogP contribution in [0.15, 0.2) is 18.2 Å². The van der Waals surface area contributed by atoms with E-state index in [1.807, 2.05) is 12.1 Å². The SMILES string of the molecule is O=C(CCC1CCNCC1)NCCOc1ccc2c(c1)OCO2. The van der Waals surface area contributed by atoms with Crippen LogP contribution in [0.3, 0.4) is 0 Å². The van der Waals surface area contributed by atoms with Gasteiger partial charge in [-0.15, -0.1) is 0 Å². The zero-order chi connectivity index (χ0) is 15.9.